The topological polar surface area (TPSA) is 21.1 Å². The molecule has 0 amide bonds. The van der Waals surface area contributed by atoms with E-state index in [0.29, 0.717) is 0 Å². The predicted octanol–water partition coefficient (Wildman–Crippen LogP) is 2.29. The van der Waals surface area contributed by atoms with Crippen LogP contribution in [0.4, 0.5) is 0 Å². The van der Waals surface area contributed by atoms with Crippen LogP contribution in [-0.2, 0) is 13.6 Å². The van der Waals surface area contributed by atoms with E-state index in [-0.39, 0.29) is 0 Å². The highest BCUT2D eigenvalue weighted by atomic mass is 15.2. The molecule has 0 bridgehead atoms. The number of hydrogen-bond donors (Lipinski definition) is 0. The van der Waals surface area contributed by atoms with E-state index in [1.165, 1.54) is 31.5 Å². The molecular formula is C13H23N3. The third-order valence-corrected chi connectivity index (χ3v) is 3.65. The van der Waals surface area contributed by atoms with Gasteiger partial charge in [-0.15, -0.1) is 0 Å². The Balaban J connectivity index is 1.90. The summed E-state index contributed by atoms with van der Waals surface area (Å²) >= 11 is 0. The Labute approximate surface area is 98.4 Å². The van der Waals surface area contributed by atoms with Crippen molar-refractivity contribution in [3.63, 3.8) is 0 Å². The third kappa shape index (κ3) is 2.85. The molecule has 2 heterocycles. The van der Waals surface area contributed by atoms with E-state index in [0.717, 1.165) is 18.4 Å². The smallest absolute Gasteiger partial charge is 0.0534 e. The van der Waals surface area contributed by atoms with E-state index in [1.807, 2.05) is 17.9 Å². The second-order valence-electron chi connectivity index (χ2n) is 5.40. The van der Waals surface area contributed by atoms with Gasteiger partial charge < -0.3 is 0 Å². The molecule has 0 N–H and O–H groups in total. The van der Waals surface area contributed by atoms with Crippen LogP contribution in [0.3, 0.4) is 0 Å². The highest BCUT2D eigenvalue weighted by Crippen LogP contribution is 2.24. The van der Waals surface area contributed by atoms with Crippen LogP contribution in [0, 0.1) is 11.8 Å². The fourth-order valence-corrected chi connectivity index (χ4v) is 2.59. The van der Waals surface area contributed by atoms with Crippen LogP contribution in [0.2, 0.25) is 0 Å². The molecule has 90 valence electrons. The number of aryl methyl sites for hydroxylation is 1. The van der Waals surface area contributed by atoms with Gasteiger partial charge in [0.2, 0.25) is 0 Å². The molecule has 16 heavy (non-hydrogen) atoms. The van der Waals surface area contributed by atoms with Gasteiger partial charge in [-0.3, -0.25) is 9.58 Å². The minimum absolute atomic E-state index is 0.816. The Bertz CT molecular complexity index is 330. The van der Waals surface area contributed by atoms with Crippen molar-refractivity contribution in [3.05, 3.63) is 18.0 Å². The number of hydrogen-bond acceptors (Lipinski definition) is 2. The quantitative estimate of drug-likeness (QED) is 0.781. The number of piperidine rings is 1. The first-order chi connectivity index (χ1) is 7.65. The van der Waals surface area contributed by atoms with Crippen LogP contribution < -0.4 is 0 Å². The van der Waals surface area contributed by atoms with Crippen LogP contribution in [0.1, 0.15) is 32.3 Å². The van der Waals surface area contributed by atoms with E-state index in [9.17, 15) is 0 Å². The maximum atomic E-state index is 4.23. The SMILES string of the molecule is CC(C)[C@H]1CCCN(Cc2cnn(C)c2)C1. The molecule has 0 unspecified atom stereocenters. The zero-order chi connectivity index (χ0) is 11.5. The van der Waals surface area contributed by atoms with Crippen molar-refractivity contribution in [2.24, 2.45) is 18.9 Å². The van der Waals surface area contributed by atoms with Gasteiger partial charge in [-0.25, -0.2) is 0 Å². The van der Waals surface area contributed by atoms with Gasteiger partial charge in [0.1, 0.15) is 0 Å². The van der Waals surface area contributed by atoms with Crippen LogP contribution in [0.5, 0.6) is 0 Å². The average Bonchev–Trinajstić information content (AvgIpc) is 2.64. The molecule has 1 aromatic heterocycles. The van der Waals surface area contributed by atoms with Gasteiger partial charge in [0.25, 0.3) is 0 Å². The number of likely N-dealkylation sites (tertiary alicyclic amines) is 1. The van der Waals surface area contributed by atoms with Gasteiger partial charge in [-0.2, -0.15) is 5.10 Å². The second kappa shape index (κ2) is 5.00. The van der Waals surface area contributed by atoms with E-state index in [1.54, 1.807) is 0 Å². The Morgan fingerprint density at radius 1 is 1.50 bits per heavy atom. The van der Waals surface area contributed by atoms with Gasteiger partial charge in [0.05, 0.1) is 6.20 Å². The zero-order valence-electron chi connectivity index (χ0n) is 10.7. The standard InChI is InChI=1S/C13H23N3/c1-11(2)13-5-4-6-16(10-13)9-12-7-14-15(3)8-12/h7-8,11,13H,4-6,9-10H2,1-3H3/t13-/m0/s1. The average molecular weight is 221 g/mol. The molecule has 0 spiro atoms. The molecule has 1 atom stereocenters. The van der Waals surface area contributed by atoms with Crippen LogP contribution in [-0.4, -0.2) is 27.8 Å². The highest BCUT2D eigenvalue weighted by molar-refractivity contribution is 5.03. The van der Waals surface area contributed by atoms with Gasteiger partial charge in [-0.05, 0) is 31.2 Å². The first-order valence-electron chi connectivity index (χ1n) is 6.35. The molecule has 1 saturated heterocycles. The Morgan fingerprint density at radius 2 is 2.31 bits per heavy atom. The summed E-state index contributed by atoms with van der Waals surface area (Å²) < 4.78 is 1.89. The monoisotopic (exact) mass is 221 g/mol. The van der Waals surface area contributed by atoms with Crippen molar-refractivity contribution in [1.29, 1.82) is 0 Å². The molecule has 1 aliphatic rings. The largest absolute Gasteiger partial charge is 0.299 e. The van der Waals surface area contributed by atoms with E-state index in [2.05, 4.69) is 30.0 Å². The summed E-state index contributed by atoms with van der Waals surface area (Å²) in [5.41, 5.74) is 1.34. The Hall–Kier alpha value is -0.830. The zero-order valence-corrected chi connectivity index (χ0v) is 10.7. The number of nitrogens with zero attached hydrogens (tertiary/aromatic N) is 3. The van der Waals surface area contributed by atoms with Crippen molar-refractivity contribution < 1.29 is 0 Å². The first-order valence-corrected chi connectivity index (χ1v) is 6.35. The molecule has 3 nitrogen and oxygen atoms in total. The maximum Gasteiger partial charge on any atom is 0.0534 e. The fraction of sp³-hybridized carbons (Fsp3) is 0.769. The molecule has 0 aliphatic carbocycles. The lowest BCUT2D eigenvalue weighted by molar-refractivity contribution is 0.139. The Kier molecular flexibility index (Phi) is 3.64. The summed E-state index contributed by atoms with van der Waals surface area (Å²) in [6, 6.07) is 0. The van der Waals surface area contributed by atoms with Crippen molar-refractivity contribution >= 4 is 0 Å². The lowest BCUT2D eigenvalue weighted by Crippen LogP contribution is -2.36. The Morgan fingerprint density at radius 3 is 2.94 bits per heavy atom. The summed E-state index contributed by atoms with van der Waals surface area (Å²) in [6.45, 7) is 8.26. The summed E-state index contributed by atoms with van der Waals surface area (Å²) in [6.07, 6.45) is 6.86. The molecule has 0 radical (unpaired) electrons. The first kappa shape index (κ1) is 11.6. The highest BCUT2D eigenvalue weighted by Gasteiger charge is 2.22. The molecule has 1 aliphatic heterocycles. The summed E-state index contributed by atoms with van der Waals surface area (Å²) in [7, 11) is 1.98. The van der Waals surface area contributed by atoms with Crippen molar-refractivity contribution in [1.82, 2.24) is 14.7 Å². The van der Waals surface area contributed by atoms with Crippen LogP contribution >= 0.6 is 0 Å². The molecular weight excluding hydrogens is 198 g/mol. The normalized spacial score (nSPS) is 22.9. The van der Waals surface area contributed by atoms with Crippen molar-refractivity contribution in [3.8, 4) is 0 Å². The number of rotatable bonds is 3. The van der Waals surface area contributed by atoms with Gasteiger partial charge in [0.15, 0.2) is 0 Å². The van der Waals surface area contributed by atoms with E-state index < -0.39 is 0 Å². The molecule has 1 fully saturated rings. The summed E-state index contributed by atoms with van der Waals surface area (Å²) in [5, 5.41) is 4.23. The van der Waals surface area contributed by atoms with E-state index >= 15 is 0 Å². The summed E-state index contributed by atoms with van der Waals surface area (Å²) in [4.78, 5) is 2.57. The minimum atomic E-state index is 0.816. The minimum Gasteiger partial charge on any atom is -0.299 e. The lowest BCUT2D eigenvalue weighted by Gasteiger charge is -2.34. The summed E-state index contributed by atoms with van der Waals surface area (Å²) in [5.74, 6) is 1.70. The second-order valence-corrected chi connectivity index (χ2v) is 5.40. The lowest BCUT2D eigenvalue weighted by atomic mass is 9.88. The maximum absolute atomic E-state index is 4.23. The van der Waals surface area contributed by atoms with Gasteiger partial charge in [-0.1, -0.05) is 13.8 Å². The number of aromatic nitrogens is 2. The van der Waals surface area contributed by atoms with E-state index in [4.69, 9.17) is 0 Å². The third-order valence-electron chi connectivity index (χ3n) is 3.65. The van der Waals surface area contributed by atoms with Gasteiger partial charge >= 0.3 is 0 Å². The van der Waals surface area contributed by atoms with Crippen LogP contribution in [0.15, 0.2) is 12.4 Å². The van der Waals surface area contributed by atoms with Crippen LogP contribution in [0.25, 0.3) is 0 Å². The molecule has 3 heteroatoms. The van der Waals surface area contributed by atoms with Crippen molar-refractivity contribution in [2.45, 2.75) is 33.2 Å². The fourth-order valence-electron chi connectivity index (χ4n) is 2.59. The molecule has 0 aromatic carbocycles. The predicted molar refractivity (Wildman–Crippen MR) is 66.0 cm³/mol. The van der Waals surface area contributed by atoms with Gasteiger partial charge in [0, 0.05) is 31.9 Å². The molecule has 0 saturated carbocycles. The molecule has 1 aromatic rings. The molecule has 2 rings (SSSR count). The van der Waals surface area contributed by atoms with Crippen molar-refractivity contribution in [2.75, 3.05) is 13.1 Å².